The summed E-state index contributed by atoms with van der Waals surface area (Å²) in [5.41, 5.74) is 1.02. The number of carbonyl (C=O) groups excluding carboxylic acids is 1. The molecule has 0 aromatic carbocycles. The number of carbonyl (C=O) groups is 1. The second kappa shape index (κ2) is 9.35. The smallest absolute Gasteiger partial charge is 0.306 e. The maximum absolute atomic E-state index is 12.1. The molecule has 0 saturated heterocycles. The van der Waals surface area contributed by atoms with Crippen molar-refractivity contribution in [3.8, 4) is 0 Å². The fourth-order valence-corrected chi connectivity index (χ4v) is 9.58. The molecule has 0 radical (unpaired) electrons. The predicted molar refractivity (Wildman–Crippen MR) is 125 cm³/mol. The molecule has 4 fully saturated rings. The van der Waals surface area contributed by atoms with Gasteiger partial charge in [0.15, 0.2) is 0 Å². The number of ether oxygens (including phenoxy) is 1. The fourth-order valence-electron chi connectivity index (χ4n) is 9.58. The molecule has 3 nitrogen and oxygen atoms in total. The molecule has 4 saturated carbocycles. The van der Waals surface area contributed by atoms with E-state index in [9.17, 15) is 9.90 Å². The predicted octanol–water partition coefficient (Wildman–Crippen LogP) is 6.62. The monoisotopic (exact) mass is 432 g/mol. The molecular weight excluding hydrogens is 384 g/mol. The molecule has 1 N–H and O–H groups in total. The van der Waals surface area contributed by atoms with E-state index in [-0.39, 0.29) is 5.97 Å². The highest BCUT2D eigenvalue weighted by atomic mass is 16.5. The maximum Gasteiger partial charge on any atom is 0.306 e. The Morgan fingerprint density at radius 1 is 1.03 bits per heavy atom. The maximum atomic E-state index is 12.1. The van der Waals surface area contributed by atoms with Gasteiger partial charge in [0.05, 0.1) is 6.61 Å². The summed E-state index contributed by atoms with van der Waals surface area (Å²) in [5.74, 6) is 5.74. The molecule has 4 aliphatic rings. The summed E-state index contributed by atoms with van der Waals surface area (Å²) in [4.78, 5) is 12.1. The summed E-state index contributed by atoms with van der Waals surface area (Å²) in [7, 11) is 0. The van der Waals surface area contributed by atoms with Gasteiger partial charge in [-0.05, 0) is 130 Å². The van der Waals surface area contributed by atoms with Crippen molar-refractivity contribution < 1.29 is 14.6 Å². The summed E-state index contributed by atoms with van der Waals surface area (Å²) >= 11 is 0. The van der Waals surface area contributed by atoms with Crippen molar-refractivity contribution in [1.82, 2.24) is 0 Å². The molecule has 9 unspecified atom stereocenters. The molecule has 0 aromatic heterocycles. The first-order valence-electron chi connectivity index (χ1n) is 13.6. The van der Waals surface area contributed by atoms with Crippen molar-refractivity contribution in [2.45, 2.75) is 105 Å². The van der Waals surface area contributed by atoms with Gasteiger partial charge in [-0.15, -0.1) is 0 Å². The van der Waals surface area contributed by atoms with E-state index in [4.69, 9.17) is 4.74 Å². The topological polar surface area (TPSA) is 46.5 Å². The summed E-state index contributed by atoms with van der Waals surface area (Å²) in [6.45, 7) is 10.5. The van der Waals surface area contributed by atoms with Crippen LogP contribution in [0.5, 0.6) is 0 Å². The molecule has 0 spiro atoms. The van der Waals surface area contributed by atoms with E-state index >= 15 is 0 Å². The zero-order valence-electron chi connectivity index (χ0n) is 20.7. The van der Waals surface area contributed by atoms with Gasteiger partial charge >= 0.3 is 5.97 Å². The van der Waals surface area contributed by atoms with E-state index in [0.29, 0.717) is 36.4 Å². The first-order valence-corrected chi connectivity index (χ1v) is 13.6. The minimum Gasteiger partial charge on any atom is -0.466 e. The highest BCUT2D eigenvalue weighted by Gasteiger charge is 2.60. The molecule has 0 heterocycles. The van der Waals surface area contributed by atoms with Crippen LogP contribution >= 0.6 is 0 Å². The standard InChI is InChI=1S/C28H48O3/c1-5-31-26(30)18-20-12-14-27(3)21(17-20)8-9-22-24-11-10-23(19(2)7-6-16-29)28(24,4)15-13-25(22)27/h19-25,29H,5-18H2,1-4H3. The molecule has 0 bridgehead atoms. The average Bonchev–Trinajstić information content (AvgIpc) is 3.09. The summed E-state index contributed by atoms with van der Waals surface area (Å²) in [6.07, 6.45) is 15.1. The highest BCUT2D eigenvalue weighted by Crippen LogP contribution is 2.68. The number of rotatable bonds is 7. The first-order chi connectivity index (χ1) is 14.8. The summed E-state index contributed by atoms with van der Waals surface area (Å²) < 4.78 is 5.25. The van der Waals surface area contributed by atoms with Crippen LogP contribution in [0.3, 0.4) is 0 Å². The lowest BCUT2D eigenvalue weighted by Gasteiger charge is -2.61. The number of esters is 1. The van der Waals surface area contributed by atoms with Gasteiger partial charge in [-0.25, -0.2) is 0 Å². The zero-order valence-corrected chi connectivity index (χ0v) is 20.7. The molecule has 31 heavy (non-hydrogen) atoms. The van der Waals surface area contributed by atoms with Crippen molar-refractivity contribution in [2.75, 3.05) is 13.2 Å². The average molecular weight is 433 g/mol. The van der Waals surface area contributed by atoms with Gasteiger partial charge in [-0.3, -0.25) is 4.79 Å². The van der Waals surface area contributed by atoms with E-state index in [0.717, 1.165) is 41.9 Å². The molecule has 3 heteroatoms. The van der Waals surface area contributed by atoms with Crippen LogP contribution in [0.4, 0.5) is 0 Å². The molecule has 9 atom stereocenters. The minimum absolute atomic E-state index is 0.0190. The van der Waals surface area contributed by atoms with Gasteiger partial charge in [0, 0.05) is 13.0 Å². The number of aliphatic hydroxyl groups is 1. The van der Waals surface area contributed by atoms with Crippen molar-refractivity contribution in [1.29, 1.82) is 0 Å². The Labute approximate surface area is 191 Å². The molecule has 0 aromatic rings. The quantitative estimate of drug-likeness (QED) is 0.460. The Kier molecular flexibility index (Phi) is 7.12. The lowest BCUT2D eigenvalue weighted by molar-refractivity contribution is -0.147. The zero-order chi connectivity index (χ0) is 22.2. The Hall–Kier alpha value is -0.570. The summed E-state index contributed by atoms with van der Waals surface area (Å²) in [5, 5.41) is 9.32. The molecule has 4 aliphatic carbocycles. The van der Waals surface area contributed by atoms with Gasteiger partial charge in [0.25, 0.3) is 0 Å². The van der Waals surface area contributed by atoms with Crippen molar-refractivity contribution >= 4 is 5.97 Å². The number of hydrogen-bond acceptors (Lipinski definition) is 3. The van der Waals surface area contributed by atoms with E-state index in [1.807, 2.05) is 6.92 Å². The Bertz CT molecular complexity index is 632. The van der Waals surface area contributed by atoms with Crippen LogP contribution in [0.1, 0.15) is 105 Å². The van der Waals surface area contributed by atoms with Gasteiger partial charge in [0.2, 0.25) is 0 Å². The molecular formula is C28H48O3. The second-order valence-corrected chi connectivity index (χ2v) is 12.4. The third kappa shape index (κ3) is 4.22. The Balaban J connectivity index is 1.43. The lowest BCUT2D eigenvalue weighted by Crippen LogP contribution is -2.53. The summed E-state index contributed by atoms with van der Waals surface area (Å²) in [6, 6.07) is 0. The van der Waals surface area contributed by atoms with Crippen LogP contribution < -0.4 is 0 Å². The van der Waals surface area contributed by atoms with Crippen molar-refractivity contribution in [3.63, 3.8) is 0 Å². The largest absolute Gasteiger partial charge is 0.466 e. The number of hydrogen-bond donors (Lipinski definition) is 1. The Morgan fingerprint density at radius 2 is 1.77 bits per heavy atom. The lowest BCUT2D eigenvalue weighted by atomic mass is 9.44. The van der Waals surface area contributed by atoms with E-state index < -0.39 is 0 Å². The molecule has 0 amide bonds. The van der Waals surface area contributed by atoms with Crippen LogP contribution in [-0.4, -0.2) is 24.3 Å². The second-order valence-electron chi connectivity index (χ2n) is 12.4. The SMILES string of the molecule is CCOC(=O)CC1CCC2(C)C(CCC3C2CCC2(C)C(C(C)CCCO)CCC32)C1. The molecule has 4 rings (SSSR count). The van der Waals surface area contributed by atoms with Crippen LogP contribution in [0.2, 0.25) is 0 Å². The van der Waals surface area contributed by atoms with Gasteiger partial charge in [-0.2, -0.15) is 0 Å². The van der Waals surface area contributed by atoms with E-state index in [1.54, 1.807) is 0 Å². The molecule has 178 valence electrons. The molecule has 0 aliphatic heterocycles. The normalized spacial score (nSPS) is 45.3. The van der Waals surface area contributed by atoms with E-state index in [1.165, 1.54) is 64.2 Å². The fraction of sp³-hybridized carbons (Fsp3) is 0.964. The third-order valence-electron chi connectivity index (χ3n) is 11.1. The van der Waals surface area contributed by atoms with E-state index in [2.05, 4.69) is 20.8 Å². The van der Waals surface area contributed by atoms with Gasteiger partial charge < -0.3 is 9.84 Å². The minimum atomic E-state index is 0.0190. The van der Waals surface area contributed by atoms with Crippen LogP contribution in [0.15, 0.2) is 0 Å². The van der Waals surface area contributed by atoms with Crippen LogP contribution in [-0.2, 0) is 9.53 Å². The number of aliphatic hydroxyl groups excluding tert-OH is 1. The van der Waals surface area contributed by atoms with Crippen molar-refractivity contribution in [2.24, 2.45) is 52.3 Å². The Morgan fingerprint density at radius 3 is 2.52 bits per heavy atom. The van der Waals surface area contributed by atoms with Crippen LogP contribution in [0, 0.1) is 52.3 Å². The third-order valence-corrected chi connectivity index (χ3v) is 11.1. The van der Waals surface area contributed by atoms with Crippen LogP contribution in [0.25, 0.3) is 0 Å². The highest BCUT2D eigenvalue weighted by molar-refractivity contribution is 5.69. The van der Waals surface area contributed by atoms with Gasteiger partial charge in [0.1, 0.15) is 0 Å². The van der Waals surface area contributed by atoms with Crippen molar-refractivity contribution in [3.05, 3.63) is 0 Å². The van der Waals surface area contributed by atoms with Gasteiger partial charge in [-0.1, -0.05) is 20.8 Å². The number of fused-ring (bicyclic) bond motifs is 5. The first kappa shape index (κ1) is 23.6.